The number of ether oxygens (including phenoxy) is 1. The summed E-state index contributed by atoms with van der Waals surface area (Å²) in [5, 5.41) is 2.74. The summed E-state index contributed by atoms with van der Waals surface area (Å²) in [7, 11) is 5.55. The normalized spacial score (nSPS) is 11.7. The summed E-state index contributed by atoms with van der Waals surface area (Å²) in [4.78, 5) is 9.67. The van der Waals surface area contributed by atoms with E-state index in [0.717, 1.165) is 6.20 Å². The van der Waals surface area contributed by atoms with Crippen LogP contribution in [0, 0.1) is 5.82 Å². The molecule has 1 N–H and O–H groups in total. The van der Waals surface area contributed by atoms with Gasteiger partial charge >= 0.3 is 0 Å². The van der Waals surface area contributed by atoms with Crippen molar-refractivity contribution >= 4 is 5.95 Å². The van der Waals surface area contributed by atoms with Crippen LogP contribution in [0.3, 0.4) is 0 Å². The molecule has 1 rings (SSSR count). The standard InChI is InChI=1S/C11H19FN4O/c1-11(2,16(4)5)7-17-9-8(12)6-14-10(13-3)15-9/h6H,7H2,1-5H3,(H,13,14,15). The maximum Gasteiger partial charge on any atom is 0.255 e. The average molecular weight is 242 g/mol. The highest BCUT2D eigenvalue weighted by Crippen LogP contribution is 2.17. The van der Waals surface area contributed by atoms with E-state index in [1.807, 2.05) is 32.8 Å². The third-order valence-electron chi connectivity index (χ3n) is 2.71. The number of likely N-dealkylation sites (N-methyl/N-ethyl adjacent to an activating group) is 1. The fourth-order valence-corrected chi connectivity index (χ4v) is 0.947. The molecule has 0 fully saturated rings. The minimum absolute atomic E-state index is 0.0284. The summed E-state index contributed by atoms with van der Waals surface area (Å²) in [6, 6.07) is 0. The molecule has 1 heterocycles. The highest BCUT2D eigenvalue weighted by Gasteiger charge is 2.22. The summed E-state index contributed by atoms with van der Waals surface area (Å²) in [6.07, 6.45) is 1.09. The molecule has 0 aliphatic heterocycles. The van der Waals surface area contributed by atoms with Crippen molar-refractivity contribution in [3.05, 3.63) is 12.0 Å². The van der Waals surface area contributed by atoms with Gasteiger partial charge in [-0.25, -0.2) is 4.98 Å². The van der Waals surface area contributed by atoms with E-state index in [4.69, 9.17) is 4.74 Å². The highest BCUT2D eigenvalue weighted by atomic mass is 19.1. The zero-order valence-corrected chi connectivity index (χ0v) is 10.9. The van der Waals surface area contributed by atoms with Crippen molar-refractivity contribution < 1.29 is 9.13 Å². The van der Waals surface area contributed by atoms with Crippen LogP contribution in [0.15, 0.2) is 6.20 Å². The molecule has 0 saturated carbocycles. The zero-order valence-electron chi connectivity index (χ0n) is 10.9. The second-order valence-electron chi connectivity index (χ2n) is 4.59. The molecule has 17 heavy (non-hydrogen) atoms. The van der Waals surface area contributed by atoms with E-state index in [2.05, 4.69) is 15.3 Å². The lowest BCUT2D eigenvalue weighted by molar-refractivity contribution is 0.108. The van der Waals surface area contributed by atoms with Gasteiger partial charge in [0.15, 0.2) is 0 Å². The Kier molecular flexibility index (Phi) is 4.22. The SMILES string of the molecule is CNc1ncc(F)c(OCC(C)(C)N(C)C)n1. The Bertz CT molecular complexity index is 382. The van der Waals surface area contributed by atoms with Crippen LogP contribution in [0.2, 0.25) is 0 Å². The monoisotopic (exact) mass is 242 g/mol. The molecule has 0 amide bonds. The van der Waals surface area contributed by atoms with Crippen LogP contribution < -0.4 is 10.1 Å². The number of rotatable bonds is 5. The fourth-order valence-electron chi connectivity index (χ4n) is 0.947. The van der Waals surface area contributed by atoms with E-state index in [9.17, 15) is 4.39 Å². The van der Waals surface area contributed by atoms with Gasteiger partial charge in [0, 0.05) is 12.6 Å². The molecule has 5 nitrogen and oxygen atoms in total. The second-order valence-corrected chi connectivity index (χ2v) is 4.59. The molecule has 0 unspecified atom stereocenters. The largest absolute Gasteiger partial charge is 0.474 e. The number of aromatic nitrogens is 2. The summed E-state index contributed by atoms with van der Waals surface area (Å²) in [5.41, 5.74) is -0.197. The molecular formula is C11H19FN4O. The molecule has 0 bridgehead atoms. The van der Waals surface area contributed by atoms with E-state index in [0.29, 0.717) is 12.6 Å². The Morgan fingerprint density at radius 3 is 2.65 bits per heavy atom. The first kappa shape index (κ1) is 13.6. The quantitative estimate of drug-likeness (QED) is 0.845. The van der Waals surface area contributed by atoms with Gasteiger partial charge in [-0.05, 0) is 27.9 Å². The lowest BCUT2D eigenvalue weighted by Crippen LogP contribution is -2.43. The first-order chi connectivity index (χ1) is 7.86. The van der Waals surface area contributed by atoms with E-state index in [-0.39, 0.29) is 11.4 Å². The Labute approximate surface area is 101 Å². The van der Waals surface area contributed by atoms with Crippen molar-refractivity contribution in [1.82, 2.24) is 14.9 Å². The third kappa shape index (κ3) is 3.52. The predicted molar refractivity (Wildman–Crippen MR) is 64.8 cm³/mol. The van der Waals surface area contributed by atoms with Crippen LogP contribution in [-0.4, -0.2) is 48.2 Å². The topological polar surface area (TPSA) is 50.3 Å². The lowest BCUT2D eigenvalue weighted by atomic mass is 10.1. The van der Waals surface area contributed by atoms with Crippen molar-refractivity contribution in [2.24, 2.45) is 0 Å². The zero-order chi connectivity index (χ0) is 13.1. The van der Waals surface area contributed by atoms with Crippen LogP contribution in [0.1, 0.15) is 13.8 Å². The molecule has 1 aromatic heterocycles. The van der Waals surface area contributed by atoms with Crippen molar-refractivity contribution in [2.45, 2.75) is 19.4 Å². The summed E-state index contributed by atoms with van der Waals surface area (Å²) in [5.74, 6) is -0.248. The van der Waals surface area contributed by atoms with Crippen LogP contribution >= 0.6 is 0 Å². The van der Waals surface area contributed by atoms with Crippen LogP contribution in [0.5, 0.6) is 5.88 Å². The second kappa shape index (κ2) is 5.27. The minimum atomic E-state index is -0.557. The fraction of sp³-hybridized carbons (Fsp3) is 0.636. The Morgan fingerprint density at radius 1 is 1.47 bits per heavy atom. The van der Waals surface area contributed by atoms with Crippen LogP contribution in [-0.2, 0) is 0 Å². The summed E-state index contributed by atoms with van der Waals surface area (Å²) < 4.78 is 18.8. The molecule has 0 aliphatic carbocycles. The van der Waals surface area contributed by atoms with E-state index in [1.54, 1.807) is 7.05 Å². The van der Waals surface area contributed by atoms with Crippen molar-refractivity contribution in [2.75, 3.05) is 33.1 Å². The van der Waals surface area contributed by atoms with Gasteiger partial charge in [0.05, 0.1) is 6.20 Å². The third-order valence-corrected chi connectivity index (χ3v) is 2.71. The molecule has 1 aromatic rings. The Morgan fingerprint density at radius 2 is 2.12 bits per heavy atom. The molecule has 0 saturated heterocycles. The van der Waals surface area contributed by atoms with Crippen molar-refractivity contribution in [1.29, 1.82) is 0 Å². The minimum Gasteiger partial charge on any atom is -0.474 e. The number of anilines is 1. The number of hydrogen-bond acceptors (Lipinski definition) is 5. The van der Waals surface area contributed by atoms with E-state index in [1.165, 1.54) is 0 Å². The van der Waals surface area contributed by atoms with Crippen molar-refractivity contribution in [3.8, 4) is 5.88 Å². The number of hydrogen-bond donors (Lipinski definition) is 1. The number of nitrogens with zero attached hydrogens (tertiary/aromatic N) is 3. The smallest absolute Gasteiger partial charge is 0.255 e. The Balaban J connectivity index is 2.75. The molecule has 0 radical (unpaired) electrons. The molecule has 96 valence electrons. The van der Waals surface area contributed by atoms with Gasteiger partial charge in [-0.15, -0.1) is 0 Å². The average Bonchev–Trinajstić information content (AvgIpc) is 2.28. The Hall–Kier alpha value is -1.43. The molecule has 0 aromatic carbocycles. The van der Waals surface area contributed by atoms with E-state index < -0.39 is 5.82 Å². The first-order valence-electron chi connectivity index (χ1n) is 5.37. The number of nitrogens with one attached hydrogen (secondary N) is 1. The van der Waals surface area contributed by atoms with E-state index >= 15 is 0 Å². The maximum absolute atomic E-state index is 13.4. The molecule has 0 spiro atoms. The van der Waals surface area contributed by atoms with Gasteiger partial charge < -0.3 is 15.0 Å². The van der Waals surface area contributed by atoms with Gasteiger partial charge in [-0.3, -0.25) is 0 Å². The predicted octanol–water partition coefficient (Wildman–Crippen LogP) is 1.38. The summed E-state index contributed by atoms with van der Waals surface area (Å²) >= 11 is 0. The molecule has 0 atom stereocenters. The van der Waals surface area contributed by atoms with Gasteiger partial charge in [0.25, 0.3) is 5.88 Å². The van der Waals surface area contributed by atoms with Crippen molar-refractivity contribution in [3.63, 3.8) is 0 Å². The van der Waals surface area contributed by atoms with Crippen LogP contribution in [0.25, 0.3) is 0 Å². The van der Waals surface area contributed by atoms with Gasteiger partial charge in [0.1, 0.15) is 6.61 Å². The lowest BCUT2D eigenvalue weighted by Gasteiger charge is -2.31. The first-order valence-corrected chi connectivity index (χ1v) is 5.37. The maximum atomic E-state index is 13.4. The van der Waals surface area contributed by atoms with Gasteiger partial charge in [-0.1, -0.05) is 0 Å². The van der Waals surface area contributed by atoms with Gasteiger partial charge in [0.2, 0.25) is 11.8 Å². The number of halogens is 1. The van der Waals surface area contributed by atoms with Crippen LogP contribution in [0.4, 0.5) is 10.3 Å². The van der Waals surface area contributed by atoms with Gasteiger partial charge in [-0.2, -0.15) is 9.37 Å². The molecular weight excluding hydrogens is 223 g/mol. The molecule has 0 aliphatic rings. The molecule has 6 heteroatoms. The summed E-state index contributed by atoms with van der Waals surface area (Å²) in [6.45, 7) is 4.35. The highest BCUT2D eigenvalue weighted by molar-refractivity contribution is 5.27.